The van der Waals surface area contributed by atoms with Crippen LogP contribution in [0.2, 0.25) is 10.0 Å². The molecule has 0 aliphatic heterocycles. The monoisotopic (exact) mass is 409 g/mol. The standard InChI is InChI=1S/C13H14BrCl2N3OS/c1-19(2)13-18-12(20-3)10(21-13)6-17-11-8(15)4-7(14)5-9(11)16/h4-5,17H,6H2,1-3H3. The fourth-order valence-corrected chi connectivity index (χ4v) is 3.90. The molecule has 0 aliphatic carbocycles. The molecule has 0 amide bonds. The van der Waals surface area contributed by atoms with Gasteiger partial charge in [-0.1, -0.05) is 50.5 Å². The van der Waals surface area contributed by atoms with Gasteiger partial charge >= 0.3 is 0 Å². The number of aromatic nitrogens is 1. The predicted molar refractivity (Wildman–Crippen MR) is 94.5 cm³/mol. The number of halogens is 3. The molecule has 8 heteroatoms. The number of benzene rings is 1. The van der Waals surface area contributed by atoms with Crippen molar-refractivity contribution < 1.29 is 4.74 Å². The molecule has 1 aromatic heterocycles. The van der Waals surface area contributed by atoms with E-state index in [1.165, 1.54) is 0 Å². The van der Waals surface area contributed by atoms with E-state index in [4.69, 9.17) is 27.9 Å². The van der Waals surface area contributed by atoms with Gasteiger partial charge in [0.25, 0.3) is 0 Å². The van der Waals surface area contributed by atoms with Crippen molar-refractivity contribution in [2.24, 2.45) is 0 Å². The second kappa shape index (κ2) is 7.05. The lowest BCUT2D eigenvalue weighted by Crippen LogP contribution is -2.07. The fourth-order valence-electron chi connectivity index (χ4n) is 1.67. The van der Waals surface area contributed by atoms with Crippen LogP contribution in [0.15, 0.2) is 16.6 Å². The van der Waals surface area contributed by atoms with E-state index in [9.17, 15) is 0 Å². The second-order valence-corrected chi connectivity index (χ2v) is 7.21. The zero-order valence-electron chi connectivity index (χ0n) is 11.7. The number of thiazole rings is 1. The third-order valence-electron chi connectivity index (χ3n) is 2.66. The van der Waals surface area contributed by atoms with Crippen molar-refractivity contribution in [1.29, 1.82) is 0 Å². The minimum Gasteiger partial charge on any atom is -0.480 e. The van der Waals surface area contributed by atoms with Gasteiger partial charge in [-0.3, -0.25) is 0 Å². The maximum atomic E-state index is 6.20. The van der Waals surface area contributed by atoms with Crippen LogP contribution < -0.4 is 15.0 Å². The molecule has 1 N–H and O–H groups in total. The molecule has 0 saturated heterocycles. The van der Waals surface area contributed by atoms with Crippen molar-refractivity contribution in [1.82, 2.24) is 4.98 Å². The summed E-state index contributed by atoms with van der Waals surface area (Å²) in [6.45, 7) is 0.537. The number of rotatable bonds is 5. The summed E-state index contributed by atoms with van der Waals surface area (Å²) in [6.07, 6.45) is 0. The Labute approximate surface area is 146 Å². The van der Waals surface area contributed by atoms with Crippen LogP contribution in [0.4, 0.5) is 10.8 Å². The molecule has 0 unspecified atom stereocenters. The van der Waals surface area contributed by atoms with Gasteiger partial charge in [-0.2, -0.15) is 4.98 Å². The molecule has 4 nitrogen and oxygen atoms in total. The van der Waals surface area contributed by atoms with Crippen molar-refractivity contribution in [3.63, 3.8) is 0 Å². The van der Waals surface area contributed by atoms with E-state index in [1.807, 2.05) is 19.0 Å². The lowest BCUT2D eigenvalue weighted by Gasteiger charge is -2.10. The molecule has 1 heterocycles. The van der Waals surface area contributed by atoms with Gasteiger partial charge in [0, 0.05) is 18.6 Å². The predicted octanol–water partition coefficient (Wildman–Crippen LogP) is 4.90. The molecular weight excluding hydrogens is 397 g/mol. The van der Waals surface area contributed by atoms with Crippen molar-refractivity contribution in [3.05, 3.63) is 31.5 Å². The number of methoxy groups -OCH3 is 1. The first-order valence-corrected chi connectivity index (χ1v) is 8.38. The van der Waals surface area contributed by atoms with Gasteiger partial charge in [-0.25, -0.2) is 0 Å². The molecule has 0 spiro atoms. The third-order valence-corrected chi connectivity index (χ3v) is 4.92. The molecule has 114 valence electrons. The SMILES string of the molecule is COc1nc(N(C)C)sc1CNc1c(Cl)cc(Br)cc1Cl. The Morgan fingerprint density at radius 1 is 1.33 bits per heavy atom. The Morgan fingerprint density at radius 2 is 1.95 bits per heavy atom. The van der Waals surface area contributed by atoms with E-state index in [-0.39, 0.29) is 0 Å². The van der Waals surface area contributed by atoms with Crippen LogP contribution in [-0.4, -0.2) is 26.2 Å². The number of anilines is 2. The van der Waals surface area contributed by atoms with Crippen LogP contribution in [0.25, 0.3) is 0 Å². The Hall–Kier alpha value is -0.690. The molecule has 2 rings (SSSR count). The van der Waals surface area contributed by atoms with Crippen molar-refractivity contribution in [3.8, 4) is 5.88 Å². The topological polar surface area (TPSA) is 37.4 Å². The molecule has 2 aromatic rings. The maximum absolute atomic E-state index is 6.20. The molecule has 1 aromatic carbocycles. The van der Waals surface area contributed by atoms with Crippen molar-refractivity contribution in [2.45, 2.75) is 6.54 Å². The summed E-state index contributed by atoms with van der Waals surface area (Å²) in [5.74, 6) is 0.612. The first-order valence-electron chi connectivity index (χ1n) is 6.01. The number of ether oxygens (including phenoxy) is 1. The van der Waals surface area contributed by atoms with E-state index >= 15 is 0 Å². The van der Waals surface area contributed by atoms with E-state index in [2.05, 4.69) is 26.2 Å². The van der Waals surface area contributed by atoms with Crippen molar-refractivity contribution >= 4 is 61.3 Å². The van der Waals surface area contributed by atoms with Crippen LogP contribution in [0.1, 0.15) is 4.88 Å². The Bertz CT molecular complexity index is 625. The van der Waals surface area contributed by atoms with Crippen LogP contribution in [0.5, 0.6) is 5.88 Å². The molecule has 0 radical (unpaired) electrons. The Balaban J connectivity index is 2.20. The number of hydrogen-bond donors (Lipinski definition) is 1. The summed E-state index contributed by atoms with van der Waals surface area (Å²) in [5.41, 5.74) is 0.698. The van der Waals surface area contributed by atoms with Crippen LogP contribution >= 0.6 is 50.5 Å². The quantitative estimate of drug-likeness (QED) is 0.760. The highest BCUT2D eigenvalue weighted by Gasteiger charge is 2.14. The summed E-state index contributed by atoms with van der Waals surface area (Å²) in [4.78, 5) is 7.33. The molecule has 0 bridgehead atoms. The summed E-state index contributed by atoms with van der Waals surface area (Å²) < 4.78 is 6.14. The highest BCUT2D eigenvalue weighted by molar-refractivity contribution is 9.10. The van der Waals surface area contributed by atoms with E-state index in [0.29, 0.717) is 28.2 Å². The van der Waals surface area contributed by atoms with E-state index in [0.717, 1.165) is 14.5 Å². The second-order valence-electron chi connectivity index (χ2n) is 4.42. The van der Waals surface area contributed by atoms with Gasteiger partial charge in [0.1, 0.15) is 0 Å². The Morgan fingerprint density at radius 3 is 2.48 bits per heavy atom. The summed E-state index contributed by atoms with van der Waals surface area (Å²) >= 11 is 17.3. The molecule has 0 fully saturated rings. The van der Waals surface area contributed by atoms with E-state index in [1.54, 1.807) is 30.6 Å². The maximum Gasteiger partial charge on any atom is 0.231 e. The van der Waals surface area contributed by atoms with Gasteiger partial charge < -0.3 is 15.0 Å². The van der Waals surface area contributed by atoms with Gasteiger partial charge in [0.2, 0.25) is 5.88 Å². The summed E-state index contributed by atoms with van der Waals surface area (Å²) in [5, 5.41) is 5.25. The third kappa shape index (κ3) is 3.94. The average molecular weight is 411 g/mol. The van der Waals surface area contributed by atoms with Crippen LogP contribution in [0.3, 0.4) is 0 Å². The zero-order valence-corrected chi connectivity index (χ0v) is 15.6. The van der Waals surface area contributed by atoms with Gasteiger partial charge in [0.05, 0.1) is 34.3 Å². The van der Waals surface area contributed by atoms with Gasteiger partial charge in [-0.05, 0) is 12.1 Å². The first-order chi connectivity index (χ1) is 9.92. The first kappa shape index (κ1) is 16.7. The molecule has 0 aliphatic rings. The average Bonchev–Trinajstić information content (AvgIpc) is 2.81. The highest BCUT2D eigenvalue weighted by Crippen LogP contribution is 2.36. The van der Waals surface area contributed by atoms with Crippen molar-refractivity contribution in [2.75, 3.05) is 31.4 Å². The van der Waals surface area contributed by atoms with E-state index < -0.39 is 0 Å². The summed E-state index contributed by atoms with van der Waals surface area (Å²) in [6, 6.07) is 3.59. The fraction of sp³-hybridized carbons (Fsp3) is 0.308. The largest absolute Gasteiger partial charge is 0.480 e. The lowest BCUT2D eigenvalue weighted by molar-refractivity contribution is 0.397. The number of hydrogen-bond acceptors (Lipinski definition) is 5. The summed E-state index contributed by atoms with van der Waals surface area (Å²) in [7, 11) is 5.49. The molecular formula is C13H14BrCl2N3OS. The highest BCUT2D eigenvalue weighted by atomic mass is 79.9. The zero-order chi connectivity index (χ0) is 15.6. The van der Waals surface area contributed by atoms with Crippen LogP contribution in [0, 0.1) is 0 Å². The lowest BCUT2D eigenvalue weighted by atomic mass is 10.3. The molecule has 0 saturated carbocycles. The Kier molecular flexibility index (Phi) is 5.60. The van der Waals surface area contributed by atoms with Gasteiger partial charge in [0.15, 0.2) is 5.13 Å². The molecule has 0 atom stereocenters. The smallest absolute Gasteiger partial charge is 0.231 e. The normalized spacial score (nSPS) is 10.6. The number of nitrogens with zero attached hydrogens (tertiary/aromatic N) is 2. The number of nitrogens with one attached hydrogen (secondary N) is 1. The minimum absolute atomic E-state index is 0.537. The van der Waals surface area contributed by atoms with Gasteiger partial charge in [-0.15, -0.1) is 0 Å². The van der Waals surface area contributed by atoms with Crippen LogP contribution in [-0.2, 0) is 6.54 Å². The molecule has 21 heavy (non-hydrogen) atoms. The minimum atomic E-state index is 0.537.